The van der Waals surface area contributed by atoms with Crippen LogP contribution < -0.4 is 16.0 Å². The lowest BCUT2D eigenvalue weighted by Gasteiger charge is -2.30. The molecular weight excluding hydrogens is 364 g/mol. The van der Waals surface area contributed by atoms with E-state index in [9.17, 15) is 4.79 Å². The van der Waals surface area contributed by atoms with Crippen molar-refractivity contribution in [3.63, 3.8) is 0 Å². The Morgan fingerprint density at radius 1 is 1.10 bits per heavy atom. The van der Waals surface area contributed by atoms with Crippen LogP contribution in [-0.4, -0.2) is 34.4 Å². The fourth-order valence-electron chi connectivity index (χ4n) is 3.83. The van der Waals surface area contributed by atoms with Crippen LogP contribution in [0.1, 0.15) is 41.7 Å². The van der Waals surface area contributed by atoms with Crippen LogP contribution in [0.15, 0.2) is 48.7 Å². The first-order valence-electron chi connectivity index (χ1n) is 9.89. The van der Waals surface area contributed by atoms with Crippen molar-refractivity contribution >= 4 is 23.1 Å². The fraction of sp³-hybridized carbons (Fsp3) is 0.318. The maximum atomic E-state index is 12.5. The summed E-state index contributed by atoms with van der Waals surface area (Å²) in [5, 5.41) is 18.9. The van der Waals surface area contributed by atoms with E-state index in [1.54, 1.807) is 6.20 Å². The molecule has 3 N–H and O–H groups in total. The summed E-state index contributed by atoms with van der Waals surface area (Å²) in [5.74, 6) is 0.921. The van der Waals surface area contributed by atoms with Gasteiger partial charge in [-0.15, -0.1) is 0 Å². The molecule has 29 heavy (non-hydrogen) atoms. The number of amides is 1. The van der Waals surface area contributed by atoms with E-state index in [-0.39, 0.29) is 11.9 Å². The number of anilines is 2. The van der Waals surface area contributed by atoms with Crippen LogP contribution in [0.4, 0.5) is 11.5 Å². The number of aromatic nitrogens is 2. The number of carbonyl (C=O) groups is 1. The van der Waals surface area contributed by atoms with E-state index in [0.29, 0.717) is 17.3 Å². The maximum Gasteiger partial charge on any atom is 0.251 e. The Morgan fingerprint density at radius 2 is 1.83 bits per heavy atom. The Hall–Kier alpha value is -3.53. The molecule has 7 nitrogen and oxygen atoms in total. The molecule has 2 heterocycles. The second kappa shape index (κ2) is 8.23. The fourth-order valence-corrected chi connectivity index (χ4v) is 3.83. The summed E-state index contributed by atoms with van der Waals surface area (Å²) in [7, 11) is 1.86. The third kappa shape index (κ3) is 4.16. The summed E-state index contributed by atoms with van der Waals surface area (Å²) >= 11 is 0. The van der Waals surface area contributed by atoms with Gasteiger partial charge in [0, 0.05) is 36.6 Å². The van der Waals surface area contributed by atoms with Crippen molar-refractivity contribution in [2.45, 2.75) is 37.8 Å². The molecule has 0 aliphatic heterocycles. The largest absolute Gasteiger partial charge is 0.388 e. The summed E-state index contributed by atoms with van der Waals surface area (Å²) in [6, 6.07) is 15.9. The van der Waals surface area contributed by atoms with Crippen molar-refractivity contribution in [3.05, 3.63) is 59.9 Å². The molecule has 0 unspecified atom stereocenters. The molecule has 4 rings (SSSR count). The average molecular weight is 388 g/mol. The molecule has 0 spiro atoms. The van der Waals surface area contributed by atoms with E-state index in [0.717, 1.165) is 42.8 Å². The molecule has 0 saturated heterocycles. The molecule has 1 aromatic carbocycles. The van der Waals surface area contributed by atoms with Crippen molar-refractivity contribution in [2.24, 2.45) is 0 Å². The molecule has 1 amide bonds. The second-order valence-corrected chi connectivity index (χ2v) is 7.37. The first kappa shape index (κ1) is 18.8. The van der Waals surface area contributed by atoms with Crippen LogP contribution in [0.25, 0.3) is 5.65 Å². The van der Waals surface area contributed by atoms with E-state index >= 15 is 0 Å². The van der Waals surface area contributed by atoms with Gasteiger partial charge in [0.2, 0.25) is 0 Å². The molecule has 1 aliphatic rings. The van der Waals surface area contributed by atoms with E-state index in [2.05, 4.69) is 27.0 Å². The lowest BCUT2D eigenvalue weighted by Crippen LogP contribution is -2.40. The lowest BCUT2D eigenvalue weighted by molar-refractivity contribution is 0.0926. The number of hydrogen-bond donors (Lipinski definition) is 3. The number of imidazole rings is 1. The smallest absolute Gasteiger partial charge is 0.251 e. The zero-order valence-corrected chi connectivity index (χ0v) is 16.4. The molecule has 1 fully saturated rings. The summed E-state index contributed by atoms with van der Waals surface area (Å²) in [6.45, 7) is 0. The van der Waals surface area contributed by atoms with E-state index in [1.165, 1.54) is 0 Å². The number of nitrogens with zero attached hydrogens (tertiary/aromatic N) is 3. The van der Waals surface area contributed by atoms with Gasteiger partial charge >= 0.3 is 0 Å². The van der Waals surface area contributed by atoms with Gasteiger partial charge in [-0.3, -0.25) is 9.20 Å². The Balaban J connectivity index is 1.33. The van der Waals surface area contributed by atoms with Gasteiger partial charge in [-0.1, -0.05) is 6.07 Å². The molecule has 0 bridgehead atoms. The number of pyridine rings is 1. The average Bonchev–Trinajstić information content (AvgIpc) is 3.20. The van der Waals surface area contributed by atoms with Crippen molar-refractivity contribution in [3.8, 4) is 6.07 Å². The van der Waals surface area contributed by atoms with Crippen LogP contribution in [-0.2, 0) is 0 Å². The summed E-state index contributed by atoms with van der Waals surface area (Å²) in [5.41, 5.74) is 2.84. The quantitative estimate of drug-likeness (QED) is 0.623. The van der Waals surface area contributed by atoms with Crippen molar-refractivity contribution in [2.75, 3.05) is 17.7 Å². The number of fused-ring (bicyclic) bond motifs is 1. The topological polar surface area (TPSA) is 94.2 Å². The van der Waals surface area contributed by atoms with E-state index in [4.69, 9.17) is 5.26 Å². The van der Waals surface area contributed by atoms with Crippen LogP contribution in [0.2, 0.25) is 0 Å². The minimum atomic E-state index is -0.0173. The van der Waals surface area contributed by atoms with Gasteiger partial charge in [0.25, 0.3) is 5.91 Å². The van der Waals surface area contributed by atoms with Crippen molar-refractivity contribution < 1.29 is 4.79 Å². The van der Waals surface area contributed by atoms with Gasteiger partial charge in [0.15, 0.2) is 5.69 Å². The van der Waals surface area contributed by atoms with E-state index in [1.807, 2.05) is 53.9 Å². The van der Waals surface area contributed by atoms with Gasteiger partial charge < -0.3 is 16.0 Å². The van der Waals surface area contributed by atoms with Crippen LogP contribution in [0.5, 0.6) is 0 Å². The highest BCUT2D eigenvalue weighted by atomic mass is 16.1. The Labute approximate surface area is 169 Å². The zero-order chi connectivity index (χ0) is 20.2. The van der Waals surface area contributed by atoms with Gasteiger partial charge in [0.05, 0.1) is 0 Å². The van der Waals surface area contributed by atoms with Gasteiger partial charge in [0.1, 0.15) is 17.5 Å². The molecule has 7 heteroatoms. The Bertz CT molecular complexity index is 1040. The van der Waals surface area contributed by atoms with Crippen LogP contribution in [0, 0.1) is 11.3 Å². The monoisotopic (exact) mass is 388 g/mol. The highest BCUT2D eigenvalue weighted by Gasteiger charge is 2.23. The summed E-state index contributed by atoms with van der Waals surface area (Å²) in [4.78, 5) is 16.8. The van der Waals surface area contributed by atoms with E-state index < -0.39 is 0 Å². The molecule has 1 aliphatic carbocycles. The zero-order valence-electron chi connectivity index (χ0n) is 16.4. The van der Waals surface area contributed by atoms with Crippen LogP contribution in [0.3, 0.4) is 0 Å². The van der Waals surface area contributed by atoms with Crippen molar-refractivity contribution in [1.29, 1.82) is 5.26 Å². The number of benzene rings is 1. The molecule has 1 saturated carbocycles. The summed E-state index contributed by atoms with van der Waals surface area (Å²) < 4.78 is 1.92. The molecule has 0 radical (unpaired) electrons. The predicted molar refractivity (Wildman–Crippen MR) is 113 cm³/mol. The SMILES string of the molecule is CNc1ccc(C(=O)N[C@H]2CC[C@@H](Nc3cccc4nc(C#N)cn34)CC2)cc1. The molecule has 0 atom stereocenters. The molecular formula is C22H24N6O. The summed E-state index contributed by atoms with van der Waals surface area (Å²) in [6.07, 6.45) is 5.56. The predicted octanol–water partition coefficient (Wildman–Crippen LogP) is 3.40. The Kier molecular flexibility index (Phi) is 5.34. The highest BCUT2D eigenvalue weighted by molar-refractivity contribution is 5.94. The van der Waals surface area contributed by atoms with Gasteiger partial charge in [-0.25, -0.2) is 4.98 Å². The molecule has 148 valence electrons. The number of nitrogens with one attached hydrogen (secondary N) is 3. The minimum Gasteiger partial charge on any atom is -0.388 e. The minimum absolute atomic E-state index is 0.0173. The third-order valence-electron chi connectivity index (χ3n) is 5.46. The number of hydrogen-bond acceptors (Lipinski definition) is 5. The number of nitriles is 1. The number of carbonyl (C=O) groups excluding carboxylic acids is 1. The molecule has 3 aromatic rings. The number of rotatable bonds is 5. The van der Waals surface area contributed by atoms with Crippen LogP contribution >= 0.6 is 0 Å². The highest BCUT2D eigenvalue weighted by Crippen LogP contribution is 2.23. The molecule has 2 aromatic heterocycles. The standard InChI is InChI=1S/C22H24N6O/c1-24-16-7-5-15(6-8-16)22(29)27-18-11-9-17(10-12-18)25-20-3-2-4-21-26-19(13-23)14-28(20)21/h2-8,14,17-18,24-25H,9-12H2,1H3,(H,27,29)/t17-,18+. The Morgan fingerprint density at radius 3 is 2.52 bits per heavy atom. The van der Waals surface area contributed by atoms with Gasteiger partial charge in [-0.05, 0) is 62.1 Å². The van der Waals surface area contributed by atoms with Gasteiger partial charge in [-0.2, -0.15) is 5.26 Å². The third-order valence-corrected chi connectivity index (χ3v) is 5.46. The second-order valence-electron chi connectivity index (χ2n) is 7.37. The first-order chi connectivity index (χ1) is 14.2. The normalized spacial score (nSPS) is 18.8. The first-order valence-corrected chi connectivity index (χ1v) is 9.89. The lowest BCUT2D eigenvalue weighted by atomic mass is 9.91. The maximum absolute atomic E-state index is 12.5. The van der Waals surface area contributed by atoms with Crippen molar-refractivity contribution in [1.82, 2.24) is 14.7 Å².